The Morgan fingerprint density at radius 1 is 1.64 bits per heavy atom. The number of aromatic nitrogens is 2. The number of carbonyl (C=O) groups is 1. The number of amides is 1. The van der Waals surface area contributed by atoms with Crippen LogP contribution in [-0.4, -0.2) is 28.8 Å². The molecule has 22 heavy (non-hydrogen) atoms. The smallest absolute Gasteiger partial charge is 0.254 e. The Hall–Kier alpha value is -1.86. The van der Waals surface area contributed by atoms with Gasteiger partial charge in [0, 0.05) is 41.3 Å². The highest BCUT2D eigenvalue weighted by molar-refractivity contribution is 7.12. The monoisotopic (exact) mass is 319 g/mol. The predicted molar refractivity (Wildman–Crippen MR) is 88.2 cm³/mol. The van der Waals surface area contributed by atoms with Gasteiger partial charge in [-0.05, 0) is 26.0 Å². The standard InChI is InChI=1S/C15H21N5OS/c1-9-3-4-13(22-9)10(2)17-5-11-6-18-15-12(14(16)21)7-19-20(15)8-11/h3-4,7,10-11,17-18H,5-6,8H2,1-2H3,(H2,16,21). The minimum atomic E-state index is -0.438. The van der Waals surface area contributed by atoms with Gasteiger partial charge in [-0.1, -0.05) is 0 Å². The number of anilines is 1. The van der Waals surface area contributed by atoms with Gasteiger partial charge in [-0.15, -0.1) is 11.3 Å². The summed E-state index contributed by atoms with van der Waals surface area (Å²) in [7, 11) is 0. The molecule has 118 valence electrons. The molecule has 0 radical (unpaired) electrons. The van der Waals surface area contributed by atoms with Crippen molar-refractivity contribution < 1.29 is 4.79 Å². The third-order valence-electron chi connectivity index (χ3n) is 3.99. The summed E-state index contributed by atoms with van der Waals surface area (Å²) < 4.78 is 1.83. The number of nitrogens with one attached hydrogen (secondary N) is 2. The molecule has 2 aromatic heterocycles. The van der Waals surface area contributed by atoms with Crippen LogP contribution in [0.15, 0.2) is 18.3 Å². The quantitative estimate of drug-likeness (QED) is 0.784. The normalized spacial score (nSPS) is 18.5. The van der Waals surface area contributed by atoms with Crippen LogP contribution in [0.5, 0.6) is 0 Å². The number of aryl methyl sites for hydroxylation is 1. The zero-order chi connectivity index (χ0) is 15.7. The Bertz CT molecular complexity index is 677. The largest absolute Gasteiger partial charge is 0.369 e. The summed E-state index contributed by atoms with van der Waals surface area (Å²) in [6.45, 7) is 6.82. The third-order valence-corrected chi connectivity index (χ3v) is 5.18. The average Bonchev–Trinajstić information content (AvgIpc) is 3.10. The summed E-state index contributed by atoms with van der Waals surface area (Å²) in [6.07, 6.45) is 1.54. The van der Waals surface area contributed by atoms with Crippen molar-refractivity contribution in [1.82, 2.24) is 15.1 Å². The summed E-state index contributed by atoms with van der Waals surface area (Å²) in [5.41, 5.74) is 5.80. The fraction of sp³-hybridized carbons (Fsp3) is 0.467. The van der Waals surface area contributed by atoms with Gasteiger partial charge in [0.15, 0.2) is 0 Å². The molecule has 4 N–H and O–H groups in total. The lowest BCUT2D eigenvalue weighted by Gasteiger charge is -2.26. The summed E-state index contributed by atoms with van der Waals surface area (Å²) >= 11 is 1.83. The number of primary amides is 1. The maximum absolute atomic E-state index is 11.3. The molecule has 1 aliphatic heterocycles. The van der Waals surface area contributed by atoms with Crippen LogP contribution in [0, 0.1) is 12.8 Å². The molecule has 2 aromatic rings. The number of fused-ring (bicyclic) bond motifs is 1. The maximum atomic E-state index is 11.3. The number of nitrogens with two attached hydrogens (primary N) is 1. The van der Waals surface area contributed by atoms with Crippen LogP contribution in [-0.2, 0) is 6.54 Å². The number of thiophene rings is 1. The van der Waals surface area contributed by atoms with Crippen LogP contribution in [0.1, 0.15) is 33.1 Å². The van der Waals surface area contributed by atoms with E-state index in [-0.39, 0.29) is 0 Å². The van der Waals surface area contributed by atoms with E-state index in [4.69, 9.17) is 5.73 Å². The fourth-order valence-corrected chi connectivity index (χ4v) is 3.61. The lowest BCUT2D eigenvalue weighted by molar-refractivity contribution is 0.100. The minimum Gasteiger partial charge on any atom is -0.369 e. The Kier molecular flexibility index (Phi) is 4.17. The molecule has 0 aromatic carbocycles. The number of nitrogens with zero attached hydrogens (tertiary/aromatic N) is 2. The van der Waals surface area contributed by atoms with Crippen LogP contribution >= 0.6 is 11.3 Å². The molecule has 0 bridgehead atoms. The van der Waals surface area contributed by atoms with E-state index >= 15 is 0 Å². The maximum Gasteiger partial charge on any atom is 0.254 e. The van der Waals surface area contributed by atoms with Gasteiger partial charge in [0.25, 0.3) is 5.91 Å². The fourth-order valence-electron chi connectivity index (χ4n) is 2.71. The van der Waals surface area contributed by atoms with E-state index in [2.05, 4.69) is 41.7 Å². The molecule has 1 amide bonds. The molecule has 0 saturated carbocycles. The van der Waals surface area contributed by atoms with Crippen molar-refractivity contribution in [2.24, 2.45) is 11.7 Å². The Morgan fingerprint density at radius 2 is 2.45 bits per heavy atom. The molecule has 0 aliphatic carbocycles. The number of carbonyl (C=O) groups excluding carboxylic acids is 1. The van der Waals surface area contributed by atoms with Gasteiger partial charge in [-0.2, -0.15) is 5.10 Å². The van der Waals surface area contributed by atoms with Crippen LogP contribution in [0.3, 0.4) is 0 Å². The molecule has 3 heterocycles. The average molecular weight is 319 g/mol. The first kappa shape index (κ1) is 15.1. The van der Waals surface area contributed by atoms with E-state index in [9.17, 15) is 4.79 Å². The molecule has 6 nitrogen and oxygen atoms in total. The molecule has 0 saturated heterocycles. The van der Waals surface area contributed by atoms with E-state index in [1.807, 2.05) is 16.0 Å². The van der Waals surface area contributed by atoms with Crippen LogP contribution in [0.4, 0.5) is 5.82 Å². The van der Waals surface area contributed by atoms with Crippen molar-refractivity contribution in [3.8, 4) is 0 Å². The molecule has 2 atom stereocenters. The van der Waals surface area contributed by atoms with E-state index in [0.717, 1.165) is 25.5 Å². The van der Waals surface area contributed by atoms with Crippen molar-refractivity contribution in [1.29, 1.82) is 0 Å². The van der Waals surface area contributed by atoms with E-state index in [0.29, 0.717) is 17.5 Å². The highest BCUT2D eigenvalue weighted by Crippen LogP contribution is 2.24. The van der Waals surface area contributed by atoms with E-state index in [1.165, 1.54) is 16.0 Å². The second-order valence-corrected chi connectivity index (χ2v) is 7.10. The molecule has 0 fully saturated rings. The summed E-state index contributed by atoms with van der Waals surface area (Å²) in [4.78, 5) is 14.0. The first-order chi connectivity index (χ1) is 10.5. The van der Waals surface area contributed by atoms with Gasteiger partial charge in [-0.3, -0.25) is 4.79 Å². The van der Waals surface area contributed by atoms with Crippen LogP contribution in [0.2, 0.25) is 0 Å². The zero-order valence-corrected chi connectivity index (χ0v) is 13.6. The van der Waals surface area contributed by atoms with Gasteiger partial charge in [0.1, 0.15) is 11.4 Å². The summed E-state index contributed by atoms with van der Waals surface area (Å²) in [6, 6.07) is 4.68. The molecular formula is C15H21N5OS. The van der Waals surface area contributed by atoms with Crippen LogP contribution < -0.4 is 16.4 Å². The summed E-state index contributed by atoms with van der Waals surface area (Å²) in [5.74, 6) is 0.731. The molecule has 1 aliphatic rings. The topological polar surface area (TPSA) is 85.0 Å². The Balaban J connectivity index is 1.58. The Labute approximate surface area is 133 Å². The van der Waals surface area contributed by atoms with Crippen molar-refractivity contribution in [3.05, 3.63) is 33.6 Å². The molecule has 2 unspecified atom stereocenters. The van der Waals surface area contributed by atoms with Gasteiger partial charge < -0.3 is 16.4 Å². The van der Waals surface area contributed by atoms with Crippen molar-refractivity contribution in [2.75, 3.05) is 18.4 Å². The second-order valence-electron chi connectivity index (χ2n) is 5.78. The van der Waals surface area contributed by atoms with E-state index in [1.54, 1.807) is 0 Å². The van der Waals surface area contributed by atoms with Gasteiger partial charge in [0.05, 0.1) is 6.20 Å². The number of rotatable bonds is 5. The molecule has 0 spiro atoms. The van der Waals surface area contributed by atoms with Crippen molar-refractivity contribution >= 4 is 23.1 Å². The van der Waals surface area contributed by atoms with Crippen molar-refractivity contribution in [2.45, 2.75) is 26.4 Å². The lowest BCUT2D eigenvalue weighted by atomic mass is 10.1. The van der Waals surface area contributed by atoms with Crippen molar-refractivity contribution in [3.63, 3.8) is 0 Å². The van der Waals surface area contributed by atoms with Gasteiger partial charge in [0.2, 0.25) is 0 Å². The molecule has 7 heteroatoms. The highest BCUT2D eigenvalue weighted by Gasteiger charge is 2.23. The minimum absolute atomic E-state index is 0.346. The summed E-state index contributed by atoms with van der Waals surface area (Å²) in [5, 5.41) is 11.1. The predicted octanol–water partition coefficient (Wildman–Crippen LogP) is 1.74. The zero-order valence-electron chi connectivity index (χ0n) is 12.8. The van der Waals surface area contributed by atoms with Gasteiger partial charge in [-0.25, -0.2) is 4.68 Å². The molecule has 3 rings (SSSR count). The first-order valence-corrected chi connectivity index (χ1v) is 8.25. The van der Waals surface area contributed by atoms with E-state index < -0.39 is 5.91 Å². The Morgan fingerprint density at radius 3 is 3.14 bits per heavy atom. The SMILES string of the molecule is Cc1ccc(C(C)NCC2CNc3c(C(N)=O)cnn3C2)s1. The third kappa shape index (κ3) is 3.00. The van der Waals surface area contributed by atoms with Gasteiger partial charge >= 0.3 is 0 Å². The second kappa shape index (κ2) is 6.10. The number of hydrogen-bond donors (Lipinski definition) is 3. The molecular weight excluding hydrogens is 298 g/mol. The first-order valence-electron chi connectivity index (χ1n) is 7.43. The number of hydrogen-bond acceptors (Lipinski definition) is 5. The lowest BCUT2D eigenvalue weighted by Crippen LogP contribution is -2.36. The highest BCUT2D eigenvalue weighted by atomic mass is 32.1. The van der Waals surface area contributed by atoms with Crippen LogP contribution in [0.25, 0.3) is 0 Å².